The highest BCUT2D eigenvalue weighted by atomic mass is 16.5. The zero-order valence-electron chi connectivity index (χ0n) is 15.8. The van der Waals surface area contributed by atoms with Gasteiger partial charge in [0.2, 0.25) is 17.6 Å². The molecule has 1 amide bonds. The topological polar surface area (TPSA) is 68.5 Å². The van der Waals surface area contributed by atoms with Crippen molar-refractivity contribution in [1.29, 1.82) is 0 Å². The standard InChI is InChI=1S/C21H23N3O3/c1-4-15-8-10-16(11-9-15)12-20(25)24(2)14-19-22-21(23-27-19)17-6-5-7-18(13-17)26-3/h5-11,13H,4,12,14H2,1-3H3. The number of benzene rings is 2. The number of hydrogen-bond acceptors (Lipinski definition) is 5. The summed E-state index contributed by atoms with van der Waals surface area (Å²) in [6.45, 7) is 2.38. The molecular formula is C21H23N3O3. The number of carbonyl (C=O) groups is 1. The molecule has 2 aromatic carbocycles. The van der Waals surface area contributed by atoms with Crippen LogP contribution in [-0.2, 0) is 24.2 Å². The summed E-state index contributed by atoms with van der Waals surface area (Å²) in [5.74, 6) is 1.59. The Hall–Kier alpha value is -3.15. The maximum absolute atomic E-state index is 12.5. The summed E-state index contributed by atoms with van der Waals surface area (Å²) in [5.41, 5.74) is 3.05. The largest absolute Gasteiger partial charge is 0.497 e. The maximum Gasteiger partial charge on any atom is 0.246 e. The van der Waals surface area contributed by atoms with Gasteiger partial charge in [0.05, 0.1) is 20.1 Å². The van der Waals surface area contributed by atoms with Crippen molar-refractivity contribution >= 4 is 5.91 Å². The van der Waals surface area contributed by atoms with Gasteiger partial charge in [-0.2, -0.15) is 4.98 Å². The molecule has 0 atom stereocenters. The van der Waals surface area contributed by atoms with Crippen molar-refractivity contribution in [1.82, 2.24) is 15.0 Å². The minimum absolute atomic E-state index is 0.000351. The fraction of sp³-hybridized carbons (Fsp3) is 0.286. The van der Waals surface area contributed by atoms with E-state index in [1.807, 2.05) is 36.4 Å². The summed E-state index contributed by atoms with van der Waals surface area (Å²) >= 11 is 0. The monoisotopic (exact) mass is 365 g/mol. The van der Waals surface area contributed by atoms with Gasteiger partial charge in [0.25, 0.3) is 0 Å². The first-order valence-corrected chi connectivity index (χ1v) is 8.88. The molecule has 1 heterocycles. The Labute approximate surface area is 158 Å². The van der Waals surface area contributed by atoms with E-state index in [9.17, 15) is 4.79 Å². The van der Waals surface area contributed by atoms with Crippen molar-refractivity contribution in [3.63, 3.8) is 0 Å². The van der Waals surface area contributed by atoms with Crippen molar-refractivity contribution in [2.24, 2.45) is 0 Å². The first-order chi connectivity index (χ1) is 13.1. The van der Waals surface area contributed by atoms with Crippen LogP contribution in [0.3, 0.4) is 0 Å². The van der Waals surface area contributed by atoms with Crippen LogP contribution in [0.15, 0.2) is 53.1 Å². The van der Waals surface area contributed by atoms with Gasteiger partial charge in [-0.25, -0.2) is 0 Å². The third-order valence-corrected chi connectivity index (χ3v) is 4.38. The minimum atomic E-state index is 0.000351. The van der Waals surface area contributed by atoms with Crippen LogP contribution in [0.2, 0.25) is 0 Å². The Balaban J connectivity index is 1.62. The molecule has 27 heavy (non-hydrogen) atoms. The molecule has 3 rings (SSSR count). The Morgan fingerprint density at radius 3 is 2.59 bits per heavy atom. The number of amides is 1. The molecule has 6 heteroatoms. The van der Waals surface area contributed by atoms with Gasteiger partial charge in [0.1, 0.15) is 5.75 Å². The van der Waals surface area contributed by atoms with Gasteiger partial charge < -0.3 is 14.2 Å². The Kier molecular flexibility index (Phi) is 5.86. The second-order valence-electron chi connectivity index (χ2n) is 6.34. The quantitative estimate of drug-likeness (QED) is 0.641. The lowest BCUT2D eigenvalue weighted by molar-refractivity contribution is -0.130. The molecule has 140 valence electrons. The molecule has 3 aromatic rings. The number of likely N-dealkylation sites (N-methyl/N-ethyl adjacent to an activating group) is 1. The first-order valence-electron chi connectivity index (χ1n) is 8.88. The Morgan fingerprint density at radius 2 is 1.89 bits per heavy atom. The fourth-order valence-corrected chi connectivity index (χ4v) is 2.69. The highest BCUT2D eigenvalue weighted by Gasteiger charge is 2.15. The summed E-state index contributed by atoms with van der Waals surface area (Å²) in [7, 11) is 3.34. The summed E-state index contributed by atoms with van der Waals surface area (Å²) in [6, 6.07) is 15.5. The Bertz CT molecular complexity index is 903. The van der Waals surface area contributed by atoms with Crippen molar-refractivity contribution < 1.29 is 14.1 Å². The predicted octanol–water partition coefficient (Wildman–Crippen LogP) is 3.51. The van der Waals surface area contributed by atoms with E-state index in [4.69, 9.17) is 9.26 Å². The average Bonchev–Trinajstić information content (AvgIpc) is 3.17. The minimum Gasteiger partial charge on any atom is -0.497 e. The van der Waals surface area contributed by atoms with Crippen molar-refractivity contribution in [3.05, 3.63) is 65.5 Å². The second-order valence-corrected chi connectivity index (χ2v) is 6.34. The van der Waals surface area contributed by atoms with E-state index in [1.54, 1.807) is 19.1 Å². The van der Waals surface area contributed by atoms with E-state index < -0.39 is 0 Å². The molecule has 0 aliphatic rings. The van der Waals surface area contributed by atoms with E-state index in [-0.39, 0.29) is 12.5 Å². The second kappa shape index (κ2) is 8.49. The molecule has 0 saturated heterocycles. The number of rotatable bonds is 7. The van der Waals surface area contributed by atoms with Crippen LogP contribution in [-0.4, -0.2) is 35.1 Å². The van der Waals surface area contributed by atoms with Gasteiger partial charge in [-0.3, -0.25) is 4.79 Å². The van der Waals surface area contributed by atoms with Crippen LogP contribution in [0.25, 0.3) is 11.4 Å². The number of ether oxygens (including phenoxy) is 1. The summed E-state index contributed by atoms with van der Waals surface area (Å²) in [5, 5.41) is 4.00. The van der Waals surface area contributed by atoms with Gasteiger partial charge in [-0.1, -0.05) is 48.5 Å². The number of methoxy groups -OCH3 is 1. The summed E-state index contributed by atoms with van der Waals surface area (Å²) in [4.78, 5) is 18.4. The molecule has 0 unspecified atom stereocenters. The molecule has 1 aromatic heterocycles. The van der Waals surface area contributed by atoms with Crippen LogP contribution in [0.5, 0.6) is 5.75 Å². The van der Waals surface area contributed by atoms with E-state index in [0.717, 1.165) is 23.3 Å². The number of hydrogen-bond donors (Lipinski definition) is 0. The van der Waals surface area contributed by atoms with Crippen LogP contribution < -0.4 is 4.74 Å². The van der Waals surface area contributed by atoms with E-state index >= 15 is 0 Å². The van der Waals surface area contributed by atoms with E-state index in [0.29, 0.717) is 18.1 Å². The maximum atomic E-state index is 12.5. The zero-order valence-corrected chi connectivity index (χ0v) is 15.8. The average molecular weight is 365 g/mol. The highest BCUT2D eigenvalue weighted by Crippen LogP contribution is 2.21. The SMILES string of the molecule is CCc1ccc(CC(=O)N(C)Cc2nc(-c3cccc(OC)c3)no2)cc1. The van der Waals surface area contributed by atoms with Crippen molar-refractivity contribution in [3.8, 4) is 17.1 Å². The summed E-state index contributed by atoms with van der Waals surface area (Å²) in [6.07, 6.45) is 1.33. The van der Waals surface area contributed by atoms with Gasteiger partial charge >= 0.3 is 0 Å². The molecule has 0 N–H and O–H groups in total. The predicted molar refractivity (Wildman–Crippen MR) is 102 cm³/mol. The number of nitrogens with zero attached hydrogens (tertiary/aromatic N) is 3. The smallest absolute Gasteiger partial charge is 0.246 e. The first kappa shape index (κ1) is 18.6. The lowest BCUT2D eigenvalue weighted by Crippen LogP contribution is -2.27. The molecule has 0 aliphatic heterocycles. The Morgan fingerprint density at radius 1 is 1.15 bits per heavy atom. The molecule has 6 nitrogen and oxygen atoms in total. The fourth-order valence-electron chi connectivity index (χ4n) is 2.69. The lowest BCUT2D eigenvalue weighted by Gasteiger charge is -2.14. The molecule has 0 saturated carbocycles. The highest BCUT2D eigenvalue weighted by molar-refractivity contribution is 5.78. The normalized spacial score (nSPS) is 10.6. The molecule has 0 spiro atoms. The molecular weight excluding hydrogens is 342 g/mol. The van der Waals surface area contributed by atoms with Crippen LogP contribution >= 0.6 is 0 Å². The lowest BCUT2D eigenvalue weighted by atomic mass is 10.1. The van der Waals surface area contributed by atoms with Crippen molar-refractivity contribution in [2.75, 3.05) is 14.2 Å². The number of aryl methyl sites for hydroxylation is 1. The molecule has 0 radical (unpaired) electrons. The third-order valence-electron chi connectivity index (χ3n) is 4.38. The van der Waals surface area contributed by atoms with E-state index in [1.165, 1.54) is 5.56 Å². The molecule has 0 fully saturated rings. The van der Waals surface area contributed by atoms with Crippen LogP contribution in [0, 0.1) is 0 Å². The molecule has 0 aliphatic carbocycles. The summed E-state index contributed by atoms with van der Waals surface area (Å²) < 4.78 is 10.5. The van der Waals surface area contributed by atoms with Crippen molar-refractivity contribution in [2.45, 2.75) is 26.3 Å². The molecule has 0 bridgehead atoms. The zero-order chi connectivity index (χ0) is 19.2. The van der Waals surface area contributed by atoms with Crippen LogP contribution in [0.1, 0.15) is 23.9 Å². The van der Waals surface area contributed by atoms with Gasteiger partial charge in [-0.05, 0) is 29.7 Å². The van der Waals surface area contributed by atoms with E-state index in [2.05, 4.69) is 29.2 Å². The van der Waals surface area contributed by atoms with Gasteiger partial charge in [0, 0.05) is 12.6 Å². The number of carbonyl (C=O) groups excluding carboxylic acids is 1. The number of aromatic nitrogens is 2. The van der Waals surface area contributed by atoms with Crippen LogP contribution in [0.4, 0.5) is 0 Å². The van der Waals surface area contributed by atoms with Gasteiger partial charge in [-0.15, -0.1) is 0 Å². The van der Waals surface area contributed by atoms with Gasteiger partial charge in [0.15, 0.2) is 0 Å². The third kappa shape index (κ3) is 4.73.